The van der Waals surface area contributed by atoms with E-state index in [4.69, 9.17) is 9.52 Å². The Morgan fingerprint density at radius 3 is 2.50 bits per heavy atom. The van der Waals surface area contributed by atoms with Crippen LogP contribution in [0.15, 0.2) is 40.8 Å². The zero-order valence-electron chi connectivity index (χ0n) is 13.9. The first kappa shape index (κ1) is 19.4. The Morgan fingerprint density at radius 1 is 1.23 bits per heavy atom. The van der Waals surface area contributed by atoms with Crippen LogP contribution < -0.4 is 4.74 Å². The largest absolute Gasteiger partial charge is 0.573 e. The summed E-state index contributed by atoms with van der Waals surface area (Å²) in [7, 11) is 1.41. The summed E-state index contributed by atoms with van der Waals surface area (Å²) >= 11 is 0. The highest BCUT2D eigenvalue weighted by atomic mass is 19.4. The third-order valence-corrected chi connectivity index (χ3v) is 3.51. The number of carbonyl (C=O) groups excluding carboxylic acids is 1. The minimum Gasteiger partial charge on any atom is -0.481 e. The van der Waals surface area contributed by atoms with Gasteiger partial charge in [0.1, 0.15) is 11.5 Å². The van der Waals surface area contributed by atoms with Crippen molar-refractivity contribution >= 4 is 11.9 Å². The molecule has 1 N–H and O–H groups in total. The molecule has 1 amide bonds. The SMILES string of the molecule is CC(CN(C)C(=O)c1ccc(-c2ccccc2OC(F)(F)F)o1)C(=O)O. The number of hydrogen-bond donors (Lipinski definition) is 1. The van der Waals surface area contributed by atoms with Crippen LogP contribution in [0.5, 0.6) is 5.75 Å². The molecule has 0 spiro atoms. The molecule has 0 radical (unpaired) electrons. The lowest BCUT2D eigenvalue weighted by Crippen LogP contribution is -2.33. The molecular formula is C17H16F3NO5. The van der Waals surface area contributed by atoms with Crippen LogP contribution in [-0.4, -0.2) is 41.8 Å². The van der Waals surface area contributed by atoms with E-state index < -0.39 is 29.9 Å². The summed E-state index contributed by atoms with van der Waals surface area (Å²) in [6.07, 6.45) is -4.87. The second-order valence-corrected chi connectivity index (χ2v) is 5.63. The molecule has 1 unspecified atom stereocenters. The average molecular weight is 371 g/mol. The summed E-state index contributed by atoms with van der Waals surface area (Å²) in [5.41, 5.74) is 0.0328. The number of rotatable bonds is 6. The quantitative estimate of drug-likeness (QED) is 0.839. The van der Waals surface area contributed by atoms with Crippen LogP contribution in [0.1, 0.15) is 17.5 Å². The van der Waals surface area contributed by atoms with E-state index in [1.807, 2.05) is 0 Å². The number of ether oxygens (including phenoxy) is 1. The molecule has 26 heavy (non-hydrogen) atoms. The number of nitrogens with zero attached hydrogens (tertiary/aromatic N) is 1. The van der Waals surface area contributed by atoms with Crippen molar-refractivity contribution < 1.29 is 37.0 Å². The fraction of sp³-hybridized carbons (Fsp3) is 0.294. The van der Waals surface area contributed by atoms with E-state index in [9.17, 15) is 22.8 Å². The minimum absolute atomic E-state index is 0.0212. The fourth-order valence-corrected chi connectivity index (χ4v) is 2.24. The number of carboxylic acids is 1. The molecule has 0 aliphatic rings. The summed E-state index contributed by atoms with van der Waals surface area (Å²) in [5, 5.41) is 8.89. The molecule has 0 aliphatic heterocycles. The Bertz CT molecular complexity index is 800. The Hall–Kier alpha value is -2.97. The summed E-state index contributed by atoms with van der Waals surface area (Å²) in [5.74, 6) is -2.98. The van der Waals surface area contributed by atoms with Gasteiger partial charge in [0, 0.05) is 13.6 Å². The zero-order valence-corrected chi connectivity index (χ0v) is 13.9. The molecule has 2 aromatic rings. The van der Waals surface area contributed by atoms with Gasteiger partial charge in [-0.15, -0.1) is 13.2 Å². The van der Waals surface area contributed by atoms with Crippen molar-refractivity contribution in [3.05, 3.63) is 42.2 Å². The number of alkyl halides is 3. The van der Waals surface area contributed by atoms with E-state index in [2.05, 4.69) is 4.74 Å². The Kier molecular flexibility index (Phi) is 5.59. The van der Waals surface area contributed by atoms with E-state index in [-0.39, 0.29) is 23.6 Å². The summed E-state index contributed by atoms with van der Waals surface area (Å²) < 4.78 is 46.8. The fourth-order valence-electron chi connectivity index (χ4n) is 2.24. The molecule has 1 aromatic heterocycles. The molecule has 9 heteroatoms. The molecule has 0 bridgehead atoms. The molecule has 0 aliphatic carbocycles. The second-order valence-electron chi connectivity index (χ2n) is 5.63. The number of furan rings is 1. The highest BCUT2D eigenvalue weighted by Gasteiger charge is 2.32. The lowest BCUT2D eigenvalue weighted by atomic mass is 10.1. The minimum atomic E-state index is -4.87. The third kappa shape index (κ3) is 4.78. The summed E-state index contributed by atoms with van der Waals surface area (Å²) in [6.45, 7) is 1.41. The van der Waals surface area contributed by atoms with E-state index in [1.165, 1.54) is 49.2 Å². The average Bonchev–Trinajstić information content (AvgIpc) is 3.02. The first-order valence-electron chi connectivity index (χ1n) is 7.51. The maximum atomic E-state index is 12.5. The van der Waals surface area contributed by atoms with E-state index in [1.54, 1.807) is 0 Å². The van der Waals surface area contributed by atoms with Crippen LogP contribution in [0.2, 0.25) is 0 Å². The lowest BCUT2D eigenvalue weighted by Gasteiger charge is -2.18. The van der Waals surface area contributed by atoms with Crippen molar-refractivity contribution in [3.8, 4) is 17.1 Å². The molecule has 0 fully saturated rings. The summed E-state index contributed by atoms with van der Waals surface area (Å²) in [4.78, 5) is 24.3. The first-order valence-corrected chi connectivity index (χ1v) is 7.51. The van der Waals surface area contributed by atoms with Gasteiger partial charge in [-0.3, -0.25) is 9.59 Å². The molecule has 6 nitrogen and oxygen atoms in total. The van der Waals surface area contributed by atoms with Crippen LogP contribution >= 0.6 is 0 Å². The molecule has 1 aromatic carbocycles. The van der Waals surface area contributed by atoms with E-state index >= 15 is 0 Å². The maximum Gasteiger partial charge on any atom is 0.573 e. The van der Waals surface area contributed by atoms with Crippen molar-refractivity contribution in [2.24, 2.45) is 5.92 Å². The highest BCUT2D eigenvalue weighted by Crippen LogP contribution is 2.34. The van der Waals surface area contributed by atoms with Crippen molar-refractivity contribution in [2.75, 3.05) is 13.6 Å². The standard InChI is InChI=1S/C17H16F3NO5/c1-10(16(23)24)9-21(2)15(22)14-8-7-12(25-14)11-5-3-4-6-13(11)26-17(18,19)20/h3-8,10H,9H2,1-2H3,(H,23,24). The molecular weight excluding hydrogens is 355 g/mol. The number of para-hydroxylation sites is 1. The monoisotopic (exact) mass is 371 g/mol. The van der Waals surface area contributed by atoms with Gasteiger partial charge in [-0.25, -0.2) is 0 Å². The smallest absolute Gasteiger partial charge is 0.481 e. The normalized spacial score (nSPS) is 12.5. The summed E-state index contributed by atoms with van der Waals surface area (Å²) in [6, 6.07) is 8.03. The van der Waals surface area contributed by atoms with Gasteiger partial charge in [-0.2, -0.15) is 0 Å². The number of aliphatic carboxylic acids is 1. The van der Waals surface area contributed by atoms with Gasteiger partial charge in [0.15, 0.2) is 5.76 Å². The van der Waals surface area contributed by atoms with Crippen molar-refractivity contribution in [1.82, 2.24) is 4.90 Å². The number of halogens is 3. The van der Waals surface area contributed by atoms with Gasteiger partial charge in [0.05, 0.1) is 11.5 Å². The molecule has 140 valence electrons. The van der Waals surface area contributed by atoms with Gasteiger partial charge in [-0.1, -0.05) is 19.1 Å². The zero-order chi connectivity index (χ0) is 19.5. The second kappa shape index (κ2) is 7.51. The lowest BCUT2D eigenvalue weighted by molar-refractivity contribution is -0.274. The highest BCUT2D eigenvalue weighted by molar-refractivity contribution is 5.92. The van der Waals surface area contributed by atoms with Crippen LogP contribution in [0.25, 0.3) is 11.3 Å². The van der Waals surface area contributed by atoms with Crippen LogP contribution in [0, 0.1) is 5.92 Å². The van der Waals surface area contributed by atoms with Crippen molar-refractivity contribution in [2.45, 2.75) is 13.3 Å². The van der Waals surface area contributed by atoms with Gasteiger partial charge < -0.3 is 19.2 Å². The van der Waals surface area contributed by atoms with Crippen molar-refractivity contribution in [3.63, 3.8) is 0 Å². The topological polar surface area (TPSA) is 80.0 Å². The molecule has 1 atom stereocenters. The number of benzene rings is 1. The van der Waals surface area contributed by atoms with E-state index in [0.29, 0.717) is 0 Å². The van der Waals surface area contributed by atoms with Crippen LogP contribution in [0.4, 0.5) is 13.2 Å². The number of amides is 1. The Balaban J connectivity index is 2.23. The predicted octanol–water partition coefficient (Wildman–Crippen LogP) is 3.64. The van der Waals surface area contributed by atoms with Crippen LogP contribution in [0.3, 0.4) is 0 Å². The first-order chi connectivity index (χ1) is 12.1. The third-order valence-electron chi connectivity index (χ3n) is 3.51. The number of hydrogen-bond acceptors (Lipinski definition) is 4. The molecule has 1 heterocycles. The number of carbonyl (C=O) groups is 2. The van der Waals surface area contributed by atoms with Crippen LogP contribution in [-0.2, 0) is 4.79 Å². The molecule has 0 saturated heterocycles. The Labute approximate surface area is 146 Å². The molecule has 2 rings (SSSR count). The van der Waals surface area contributed by atoms with Gasteiger partial charge >= 0.3 is 12.3 Å². The van der Waals surface area contributed by atoms with E-state index in [0.717, 1.165) is 6.07 Å². The Morgan fingerprint density at radius 2 is 1.88 bits per heavy atom. The number of carboxylic acid groups (broad SMARTS) is 1. The predicted molar refractivity (Wildman–Crippen MR) is 84.6 cm³/mol. The van der Waals surface area contributed by atoms with Gasteiger partial charge in [0.2, 0.25) is 0 Å². The molecule has 0 saturated carbocycles. The van der Waals surface area contributed by atoms with Gasteiger partial charge in [-0.05, 0) is 24.3 Å². The maximum absolute atomic E-state index is 12.5. The van der Waals surface area contributed by atoms with Crippen molar-refractivity contribution in [1.29, 1.82) is 0 Å². The van der Waals surface area contributed by atoms with Gasteiger partial charge in [0.25, 0.3) is 5.91 Å².